The molecule has 112 valence electrons. The van der Waals surface area contributed by atoms with Crippen LogP contribution in [0.5, 0.6) is 5.75 Å². The van der Waals surface area contributed by atoms with Crippen molar-refractivity contribution in [2.75, 3.05) is 6.54 Å². The summed E-state index contributed by atoms with van der Waals surface area (Å²) in [5.41, 5.74) is 1.22. The molecule has 1 aromatic carbocycles. The second-order valence-electron chi connectivity index (χ2n) is 4.72. The van der Waals surface area contributed by atoms with Crippen LogP contribution in [-0.4, -0.2) is 28.8 Å². The van der Waals surface area contributed by atoms with E-state index in [0.29, 0.717) is 30.0 Å². The molecule has 0 unspecified atom stereocenters. The van der Waals surface area contributed by atoms with Crippen molar-refractivity contribution >= 4 is 5.91 Å². The highest BCUT2D eigenvalue weighted by atomic mass is 19.1. The third-order valence-corrected chi connectivity index (χ3v) is 3.12. The lowest BCUT2D eigenvalue weighted by atomic mass is 10.2. The molecule has 6 heteroatoms. The molecule has 5 nitrogen and oxygen atoms in total. The van der Waals surface area contributed by atoms with Crippen LogP contribution in [0, 0.1) is 12.7 Å². The Balaban J connectivity index is 1.91. The van der Waals surface area contributed by atoms with E-state index in [9.17, 15) is 9.18 Å². The smallest absolute Gasteiger partial charge is 0.254 e. The largest absolute Gasteiger partial charge is 0.489 e. The third-order valence-electron chi connectivity index (χ3n) is 3.12. The normalized spacial score (nSPS) is 12.0. The van der Waals surface area contributed by atoms with Crippen molar-refractivity contribution in [3.05, 3.63) is 47.5 Å². The van der Waals surface area contributed by atoms with Crippen molar-refractivity contribution in [2.24, 2.45) is 0 Å². The molecular formula is C15H18FN3O2. The Morgan fingerprint density at radius 1 is 1.52 bits per heavy atom. The third kappa shape index (κ3) is 4.05. The zero-order valence-electron chi connectivity index (χ0n) is 12.0. The number of hydrogen-bond donors (Lipinski definition) is 2. The van der Waals surface area contributed by atoms with Gasteiger partial charge in [0.2, 0.25) is 0 Å². The van der Waals surface area contributed by atoms with Gasteiger partial charge in [-0.3, -0.25) is 9.89 Å². The number of benzene rings is 1. The Morgan fingerprint density at radius 3 is 2.95 bits per heavy atom. The summed E-state index contributed by atoms with van der Waals surface area (Å²) >= 11 is 0. The van der Waals surface area contributed by atoms with Crippen molar-refractivity contribution in [3.8, 4) is 5.75 Å². The minimum absolute atomic E-state index is 0.206. The van der Waals surface area contributed by atoms with Gasteiger partial charge in [0, 0.05) is 11.8 Å². The number of amides is 1. The summed E-state index contributed by atoms with van der Waals surface area (Å²) < 4.78 is 18.8. The van der Waals surface area contributed by atoms with Crippen LogP contribution in [0.2, 0.25) is 0 Å². The van der Waals surface area contributed by atoms with Gasteiger partial charge in [-0.05, 0) is 25.5 Å². The van der Waals surface area contributed by atoms with Gasteiger partial charge in [-0.1, -0.05) is 13.0 Å². The fraction of sp³-hybridized carbons (Fsp3) is 0.333. The number of rotatable bonds is 6. The van der Waals surface area contributed by atoms with E-state index >= 15 is 0 Å². The Labute approximate surface area is 122 Å². The molecule has 0 aliphatic rings. The van der Waals surface area contributed by atoms with Gasteiger partial charge in [0.05, 0.1) is 18.3 Å². The maximum absolute atomic E-state index is 13.1. The number of hydrogen-bond acceptors (Lipinski definition) is 3. The topological polar surface area (TPSA) is 67.0 Å². The van der Waals surface area contributed by atoms with E-state index in [1.54, 1.807) is 19.1 Å². The molecule has 0 saturated carbocycles. The van der Waals surface area contributed by atoms with Crippen LogP contribution in [0.25, 0.3) is 0 Å². The van der Waals surface area contributed by atoms with Crippen molar-refractivity contribution in [2.45, 2.75) is 26.4 Å². The van der Waals surface area contributed by atoms with Gasteiger partial charge in [0.25, 0.3) is 5.91 Å². The van der Waals surface area contributed by atoms with Crippen molar-refractivity contribution in [1.29, 1.82) is 0 Å². The standard InChI is InChI=1S/C15H18FN3O2/c1-3-12(21-13-6-4-5-11(16)7-13)8-17-15(20)14-9-18-19-10(14)2/h4-7,9,12H,3,8H2,1-2H3,(H,17,20)(H,18,19)/t12-/m0/s1. The Morgan fingerprint density at radius 2 is 2.33 bits per heavy atom. The Hall–Kier alpha value is -2.37. The first kappa shape index (κ1) is 15.0. The highest BCUT2D eigenvalue weighted by Crippen LogP contribution is 2.14. The Kier molecular flexibility index (Phi) is 4.92. The molecule has 0 saturated heterocycles. The maximum Gasteiger partial charge on any atom is 0.254 e. The minimum Gasteiger partial charge on any atom is -0.489 e. The quantitative estimate of drug-likeness (QED) is 0.859. The fourth-order valence-electron chi connectivity index (χ4n) is 1.88. The zero-order chi connectivity index (χ0) is 15.2. The number of aromatic amines is 1. The minimum atomic E-state index is -0.347. The van der Waals surface area contributed by atoms with E-state index in [-0.39, 0.29) is 17.8 Å². The highest BCUT2D eigenvalue weighted by molar-refractivity contribution is 5.94. The number of nitrogens with zero attached hydrogens (tertiary/aromatic N) is 1. The summed E-state index contributed by atoms with van der Waals surface area (Å²) in [7, 11) is 0. The van der Waals surface area contributed by atoms with Crippen LogP contribution < -0.4 is 10.1 Å². The molecule has 0 fully saturated rings. The van der Waals surface area contributed by atoms with E-state index in [1.165, 1.54) is 18.3 Å². The SMILES string of the molecule is CC[C@@H](CNC(=O)c1cn[nH]c1C)Oc1cccc(F)c1. The molecule has 2 rings (SSSR count). The highest BCUT2D eigenvalue weighted by Gasteiger charge is 2.14. The molecule has 2 N–H and O–H groups in total. The summed E-state index contributed by atoms with van der Waals surface area (Å²) in [6.45, 7) is 4.07. The second kappa shape index (κ2) is 6.88. The number of ether oxygens (including phenoxy) is 1. The molecule has 2 aromatic rings. The monoisotopic (exact) mass is 291 g/mol. The van der Waals surface area contributed by atoms with E-state index in [0.717, 1.165) is 0 Å². The van der Waals surface area contributed by atoms with Gasteiger partial charge >= 0.3 is 0 Å². The predicted molar refractivity (Wildman–Crippen MR) is 76.8 cm³/mol. The van der Waals surface area contributed by atoms with Crippen LogP contribution >= 0.6 is 0 Å². The maximum atomic E-state index is 13.1. The first-order valence-electron chi connectivity index (χ1n) is 6.80. The lowest BCUT2D eigenvalue weighted by Gasteiger charge is -2.18. The molecular weight excluding hydrogens is 273 g/mol. The van der Waals surface area contributed by atoms with Crippen LogP contribution in [0.4, 0.5) is 4.39 Å². The Bertz CT molecular complexity index is 612. The van der Waals surface area contributed by atoms with Gasteiger partial charge in [-0.15, -0.1) is 0 Å². The van der Waals surface area contributed by atoms with E-state index in [2.05, 4.69) is 15.5 Å². The molecule has 0 radical (unpaired) electrons. The molecule has 0 spiro atoms. The molecule has 1 heterocycles. The van der Waals surface area contributed by atoms with Gasteiger partial charge in [-0.2, -0.15) is 5.10 Å². The summed E-state index contributed by atoms with van der Waals surface area (Å²) in [5, 5.41) is 9.32. The number of carbonyl (C=O) groups is 1. The molecule has 1 atom stereocenters. The molecule has 1 aromatic heterocycles. The lowest BCUT2D eigenvalue weighted by Crippen LogP contribution is -2.35. The van der Waals surface area contributed by atoms with E-state index < -0.39 is 0 Å². The summed E-state index contributed by atoms with van der Waals surface area (Å²) in [6, 6.07) is 5.96. The van der Waals surface area contributed by atoms with Crippen LogP contribution in [-0.2, 0) is 0 Å². The summed E-state index contributed by atoms with van der Waals surface area (Å²) in [5.74, 6) is -0.0986. The molecule has 0 aliphatic heterocycles. The zero-order valence-corrected chi connectivity index (χ0v) is 12.0. The van der Waals surface area contributed by atoms with Crippen molar-refractivity contribution < 1.29 is 13.9 Å². The fourth-order valence-corrected chi connectivity index (χ4v) is 1.88. The predicted octanol–water partition coefficient (Wildman–Crippen LogP) is 2.44. The molecule has 0 bridgehead atoms. The number of halogens is 1. The van der Waals surface area contributed by atoms with Gasteiger partial charge in [0.15, 0.2) is 0 Å². The van der Waals surface area contributed by atoms with Gasteiger partial charge < -0.3 is 10.1 Å². The molecule has 1 amide bonds. The van der Waals surface area contributed by atoms with E-state index in [1.807, 2.05) is 6.92 Å². The molecule has 21 heavy (non-hydrogen) atoms. The van der Waals surface area contributed by atoms with E-state index in [4.69, 9.17) is 4.74 Å². The van der Waals surface area contributed by atoms with Crippen LogP contribution in [0.1, 0.15) is 29.4 Å². The number of carbonyl (C=O) groups excluding carboxylic acids is 1. The number of nitrogens with one attached hydrogen (secondary N) is 2. The number of aromatic nitrogens is 2. The van der Waals surface area contributed by atoms with Crippen LogP contribution in [0.3, 0.4) is 0 Å². The van der Waals surface area contributed by atoms with Gasteiger partial charge in [0.1, 0.15) is 17.7 Å². The van der Waals surface area contributed by atoms with Crippen molar-refractivity contribution in [1.82, 2.24) is 15.5 Å². The van der Waals surface area contributed by atoms with Crippen molar-refractivity contribution in [3.63, 3.8) is 0 Å². The second-order valence-corrected chi connectivity index (χ2v) is 4.72. The summed E-state index contributed by atoms with van der Waals surface area (Å²) in [4.78, 5) is 12.0. The number of aryl methyl sites for hydroxylation is 1. The van der Waals surface area contributed by atoms with Crippen LogP contribution in [0.15, 0.2) is 30.5 Å². The first-order valence-corrected chi connectivity index (χ1v) is 6.80. The summed E-state index contributed by atoms with van der Waals surface area (Å²) in [6.07, 6.45) is 1.96. The first-order chi connectivity index (χ1) is 10.1. The lowest BCUT2D eigenvalue weighted by molar-refractivity contribution is 0.0925. The average Bonchev–Trinajstić information content (AvgIpc) is 2.89. The van der Waals surface area contributed by atoms with Gasteiger partial charge in [-0.25, -0.2) is 4.39 Å². The average molecular weight is 291 g/mol. The number of H-pyrrole nitrogens is 1. The molecule has 0 aliphatic carbocycles.